The van der Waals surface area contributed by atoms with Gasteiger partial charge >= 0.3 is 5.97 Å². The Hall–Kier alpha value is -3.67. The third kappa shape index (κ3) is 5.81. The highest BCUT2D eigenvalue weighted by Crippen LogP contribution is 2.32. The fourth-order valence-electron chi connectivity index (χ4n) is 4.42. The Balaban J connectivity index is 1.55. The molecular formula is C28H31N3O3. The summed E-state index contributed by atoms with van der Waals surface area (Å²) in [6, 6.07) is 19.0. The third-order valence-electron chi connectivity index (χ3n) is 6.12. The molecule has 176 valence electrons. The Labute approximate surface area is 201 Å². The summed E-state index contributed by atoms with van der Waals surface area (Å²) in [6.45, 7) is 4.17. The number of nitrogens with one attached hydrogen (secondary N) is 1. The maximum Gasteiger partial charge on any atom is 0.338 e. The van der Waals surface area contributed by atoms with Crippen molar-refractivity contribution in [3.63, 3.8) is 0 Å². The number of rotatable bonds is 8. The van der Waals surface area contributed by atoms with Crippen molar-refractivity contribution in [3.8, 4) is 0 Å². The second-order valence-corrected chi connectivity index (χ2v) is 8.48. The van der Waals surface area contributed by atoms with Crippen molar-refractivity contribution in [2.75, 3.05) is 24.6 Å². The van der Waals surface area contributed by atoms with Gasteiger partial charge in [0.25, 0.3) is 0 Å². The Morgan fingerprint density at radius 1 is 0.971 bits per heavy atom. The van der Waals surface area contributed by atoms with Crippen LogP contribution in [0, 0.1) is 0 Å². The number of pyridine rings is 1. The third-order valence-corrected chi connectivity index (χ3v) is 6.12. The predicted molar refractivity (Wildman–Crippen MR) is 133 cm³/mol. The minimum atomic E-state index is -0.356. The smallest absolute Gasteiger partial charge is 0.338 e. The summed E-state index contributed by atoms with van der Waals surface area (Å²) in [5.41, 5.74) is 4.56. The van der Waals surface area contributed by atoms with E-state index in [-0.39, 0.29) is 24.3 Å². The molecule has 1 atom stereocenters. The van der Waals surface area contributed by atoms with E-state index in [2.05, 4.69) is 33.4 Å². The zero-order valence-corrected chi connectivity index (χ0v) is 19.6. The first-order chi connectivity index (χ1) is 16.7. The van der Waals surface area contributed by atoms with Crippen LogP contribution < -0.4 is 10.2 Å². The van der Waals surface area contributed by atoms with Crippen molar-refractivity contribution in [2.24, 2.45) is 0 Å². The monoisotopic (exact) mass is 457 g/mol. The normalized spacial score (nSPS) is 14.3. The zero-order valence-electron chi connectivity index (χ0n) is 19.6. The van der Waals surface area contributed by atoms with E-state index < -0.39 is 0 Å². The van der Waals surface area contributed by atoms with Crippen molar-refractivity contribution >= 4 is 17.6 Å². The van der Waals surface area contributed by atoms with Crippen LogP contribution in [0.1, 0.15) is 59.3 Å². The highest BCUT2D eigenvalue weighted by molar-refractivity contribution is 5.89. The molecule has 4 rings (SSSR count). The lowest BCUT2D eigenvalue weighted by Crippen LogP contribution is -2.34. The van der Waals surface area contributed by atoms with Gasteiger partial charge in [0.05, 0.1) is 24.6 Å². The van der Waals surface area contributed by atoms with E-state index in [4.69, 9.17) is 4.74 Å². The molecule has 0 spiro atoms. The summed E-state index contributed by atoms with van der Waals surface area (Å²) in [5.74, 6) is -0.440. The second-order valence-electron chi connectivity index (χ2n) is 8.48. The number of ether oxygens (including phenoxy) is 1. The van der Waals surface area contributed by atoms with Crippen LogP contribution in [-0.2, 0) is 16.0 Å². The van der Waals surface area contributed by atoms with Gasteiger partial charge in [0.1, 0.15) is 0 Å². The molecule has 1 aliphatic heterocycles. The van der Waals surface area contributed by atoms with E-state index >= 15 is 0 Å². The molecule has 1 saturated heterocycles. The van der Waals surface area contributed by atoms with Crippen molar-refractivity contribution in [1.29, 1.82) is 0 Å². The Morgan fingerprint density at radius 2 is 1.68 bits per heavy atom. The van der Waals surface area contributed by atoms with Crippen LogP contribution in [0.4, 0.5) is 5.69 Å². The number of amides is 1. The quantitative estimate of drug-likeness (QED) is 0.497. The fraction of sp³-hybridized carbons (Fsp3) is 0.321. The lowest BCUT2D eigenvalue weighted by molar-refractivity contribution is -0.120. The van der Waals surface area contributed by atoms with Crippen LogP contribution in [-0.4, -0.2) is 36.6 Å². The second kappa shape index (κ2) is 11.5. The first kappa shape index (κ1) is 23.5. The molecule has 1 amide bonds. The number of carbonyl (C=O) groups excluding carboxylic acids is 2. The van der Waals surface area contributed by atoms with Crippen LogP contribution in [0.2, 0.25) is 0 Å². The molecular weight excluding hydrogens is 426 g/mol. The molecule has 0 aliphatic carbocycles. The zero-order chi connectivity index (χ0) is 23.8. The molecule has 1 unspecified atom stereocenters. The molecule has 1 aromatic heterocycles. The highest BCUT2D eigenvalue weighted by atomic mass is 16.5. The topological polar surface area (TPSA) is 71.5 Å². The van der Waals surface area contributed by atoms with Gasteiger partial charge in [-0.2, -0.15) is 0 Å². The molecule has 6 nitrogen and oxygen atoms in total. The molecule has 0 bridgehead atoms. The average Bonchev–Trinajstić information content (AvgIpc) is 2.89. The van der Waals surface area contributed by atoms with Crippen LogP contribution in [0.15, 0.2) is 73.1 Å². The first-order valence-corrected chi connectivity index (χ1v) is 11.9. The van der Waals surface area contributed by atoms with Crippen LogP contribution in [0.3, 0.4) is 0 Å². The maximum absolute atomic E-state index is 13.1. The summed E-state index contributed by atoms with van der Waals surface area (Å²) in [6.07, 6.45) is 7.36. The fourth-order valence-corrected chi connectivity index (χ4v) is 4.42. The number of esters is 1. The van der Waals surface area contributed by atoms with Gasteiger partial charge in [0, 0.05) is 36.7 Å². The number of nitrogens with zero attached hydrogens (tertiary/aromatic N) is 2. The lowest BCUT2D eigenvalue weighted by atomic mass is 9.96. The Bertz CT molecular complexity index is 1090. The molecule has 2 heterocycles. The highest BCUT2D eigenvalue weighted by Gasteiger charge is 2.23. The summed E-state index contributed by atoms with van der Waals surface area (Å²) in [5, 5.41) is 3.25. The largest absolute Gasteiger partial charge is 0.462 e. The van der Waals surface area contributed by atoms with Gasteiger partial charge < -0.3 is 15.0 Å². The molecule has 1 aliphatic rings. The van der Waals surface area contributed by atoms with E-state index in [0.29, 0.717) is 12.2 Å². The molecule has 1 fully saturated rings. The van der Waals surface area contributed by atoms with Gasteiger partial charge in [-0.25, -0.2) is 4.79 Å². The van der Waals surface area contributed by atoms with E-state index in [0.717, 1.165) is 29.8 Å². The van der Waals surface area contributed by atoms with E-state index in [9.17, 15) is 9.59 Å². The number of para-hydroxylation sites is 1. The summed E-state index contributed by atoms with van der Waals surface area (Å²) in [7, 11) is 0. The standard InChI is InChI=1S/C28H31N3O3/c1-2-34-28(33)23-12-10-21(11-13-23)20-26(32)30-27(22-14-16-29-17-15-22)24-8-4-5-9-25(24)31-18-6-3-7-19-31/h4-5,8-17,27H,2-3,6-7,18-20H2,1H3,(H,30,32). The molecule has 0 saturated carbocycles. The average molecular weight is 458 g/mol. The summed E-state index contributed by atoms with van der Waals surface area (Å²) < 4.78 is 5.03. The predicted octanol–water partition coefficient (Wildman–Crippen LogP) is 4.70. The van der Waals surface area contributed by atoms with Crippen LogP contribution >= 0.6 is 0 Å². The van der Waals surface area contributed by atoms with Crippen LogP contribution in [0.5, 0.6) is 0 Å². The maximum atomic E-state index is 13.1. The molecule has 1 N–H and O–H groups in total. The molecule has 0 radical (unpaired) electrons. The summed E-state index contributed by atoms with van der Waals surface area (Å²) in [4.78, 5) is 31.6. The number of anilines is 1. The first-order valence-electron chi connectivity index (χ1n) is 11.9. The lowest BCUT2D eigenvalue weighted by Gasteiger charge is -2.33. The minimum Gasteiger partial charge on any atom is -0.462 e. The number of hydrogen-bond acceptors (Lipinski definition) is 5. The number of carbonyl (C=O) groups is 2. The van der Waals surface area contributed by atoms with E-state index in [1.165, 1.54) is 24.9 Å². The summed E-state index contributed by atoms with van der Waals surface area (Å²) >= 11 is 0. The van der Waals surface area contributed by atoms with Gasteiger partial charge in [-0.05, 0) is 67.6 Å². The van der Waals surface area contributed by atoms with Crippen molar-refractivity contribution < 1.29 is 14.3 Å². The molecule has 34 heavy (non-hydrogen) atoms. The van der Waals surface area contributed by atoms with Gasteiger partial charge in [0.2, 0.25) is 5.91 Å². The Kier molecular flexibility index (Phi) is 7.91. The van der Waals surface area contributed by atoms with E-state index in [1.807, 2.05) is 18.2 Å². The van der Waals surface area contributed by atoms with Crippen molar-refractivity contribution in [3.05, 3.63) is 95.3 Å². The van der Waals surface area contributed by atoms with Gasteiger partial charge in [-0.1, -0.05) is 30.3 Å². The van der Waals surface area contributed by atoms with Crippen LogP contribution in [0.25, 0.3) is 0 Å². The number of aromatic nitrogens is 1. The number of hydrogen-bond donors (Lipinski definition) is 1. The molecule has 6 heteroatoms. The van der Waals surface area contributed by atoms with Gasteiger partial charge in [0.15, 0.2) is 0 Å². The Morgan fingerprint density at radius 3 is 2.38 bits per heavy atom. The molecule has 2 aromatic carbocycles. The van der Waals surface area contributed by atoms with Gasteiger partial charge in [-0.3, -0.25) is 9.78 Å². The van der Waals surface area contributed by atoms with Crippen molar-refractivity contribution in [1.82, 2.24) is 10.3 Å². The number of piperidine rings is 1. The molecule has 3 aromatic rings. The van der Waals surface area contributed by atoms with Gasteiger partial charge in [-0.15, -0.1) is 0 Å². The minimum absolute atomic E-state index is 0.0841. The van der Waals surface area contributed by atoms with Crippen molar-refractivity contribution in [2.45, 2.75) is 38.6 Å². The van der Waals surface area contributed by atoms with E-state index in [1.54, 1.807) is 43.6 Å². The SMILES string of the molecule is CCOC(=O)c1ccc(CC(=O)NC(c2ccncc2)c2ccccc2N2CCCCC2)cc1. The number of benzene rings is 2.